The molecule has 0 saturated carbocycles. The molecule has 0 N–H and O–H groups in total. The van der Waals surface area contributed by atoms with E-state index in [-0.39, 0.29) is 11.2 Å². The van der Waals surface area contributed by atoms with Crippen molar-refractivity contribution in [2.24, 2.45) is 0 Å². The summed E-state index contributed by atoms with van der Waals surface area (Å²) in [4.78, 5) is 15.3. The van der Waals surface area contributed by atoms with Crippen molar-refractivity contribution in [2.75, 3.05) is 14.2 Å². The predicted molar refractivity (Wildman–Crippen MR) is 96.2 cm³/mol. The van der Waals surface area contributed by atoms with E-state index in [2.05, 4.69) is 0 Å². The number of hydrogen-bond acceptors (Lipinski definition) is 3. The van der Waals surface area contributed by atoms with Crippen LogP contribution >= 0.6 is 23.4 Å². The van der Waals surface area contributed by atoms with Crippen molar-refractivity contribution in [1.82, 2.24) is 4.90 Å². The van der Waals surface area contributed by atoms with Crippen molar-refractivity contribution in [3.63, 3.8) is 0 Å². The van der Waals surface area contributed by atoms with Crippen molar-refractivity contribution in [1.29, 1.82) is 0 Å². The summed E-state index contributed by atoms with van der Waals surface area (Å²) >= 11 is 7.42. The summed E-state index contributed by atoms with van der Waals surface area (Å²) in [5, 5.41) is 0.548. The lowest BCUT2D eigenvalue weighted by Gasteiger charge is -2.21. The number of halogens is 1. The quantitative estimate of drug-likeness (QED) is 0.720. The summed E-state index contributed by atoms with van der Waals surface area (Å²) in [6.07, 6.45) is 0. The summed E-state index contributed by atoms with van der Waals surface area (Å²) in [5.74, 6) is 0.911. The van der Waals surface area contributed by atoms with Crippen LogP contribution in [0.25, 0.3) is 0 Å². The second-order valence-electron chi connectivity index (χ2n) is 5.26. The molecule has 2 rings (SSSR count). The molecule has 0 aliphatic rings. The summed E-state index contributed by atoms with van der Waals surface area (Å²) in [6.45, 7) is 2.50. The lowest BCUT2D eigenvalue weighted by Crippen LogP contribution is -2.32. The Hall–Kier alpha value is -1.65. The highest BCUT2D eigenvalue weighted by molar-refractivity contribution is 8.00. The highest BCUT2D eigenvalue weighted by Crippen LogP contribution is 2.26. The topological polar surface area (TPSA) is 29.5 Å². The van der Waals surface area contributed by atoms with Gasteiger partial charge in [0.15, 0.2) is 0 Å². The van der Waals surface area contributed by atoms with E-state index in [1.54, 1.807) is 23.8 Å². The molecule has 0 spiro atoms. The number of thioether (sulfide) groups is 1. The Morgan fingerprint density at radius 3 is 2.35 bits per heavy atom. The molecule has 122 valence electrons. The highest BCUT2D eigenvalue weighted by Gasteiger charge is 2.18. The number of ether oxygens (including phenoxy) is 1. The van der Waals surface area contributed by atoms with Gasteiger partial charge in [0.2, 0.25) is 5.91 Å². The minimum atomic E-state index is -0.152. The number of nitrogens with zero attached hydrogens (tertiary/aromatic N) is 1. The van der Waals surface area contributed by atoms with Crippen LogP contribution in [0.5, 0.6) is 5.75 Å². The maximum atomic E-state index is 12.5. The zero-order valence-electron chi connectivity index (χ0n) is 13.5. The Morgan fingerprint density at radius 1 is 1.17 bits per heavy atom. The van der Waals surface area contributed by atoms with Gasteiger partial charge in [0.1, 0.15) is 5.75 Å². The highest BCUT2D eigenvalue weighted by atomic mass is 35.5. The number of rotatable bonds is 6. The lowest BCUT2D eigenvalue weighted by molar-refractivity contribution is -0.129. The maximum absolute atomic E-state index is 12.5. The number of methoxy groups -OCH3 is 1. The predicted octanol–water partition coefficient (Wildman–Crippen LogP) is 4.49. The van der Waals surface area contributed by atoms with E-state index >= 15 is 0 Å². The molecule has 23 heavy (non-hydrogen) atoms. The van der Waals surface area contributed by atoms with E-state index in [1.807, 2.05) is 62.5 Å². The van der Waals surface area contributed by atoms with Crippen LogP contribution in [0.2, 0.25) is 5.02 Å². The molecule has 0 bridgehead atoms. The summed E-state index contributed by atoms with van der Waals surface area (Å²) in [7, 11) is 3.46. The molecule has 3 nitrogen and oxygen atoms in total. The van der Waals surface area contributed by atoms with Gasteiger partial charge >= 0.3 is 0 Å². The molecule has 0 radical (unpaired) electrons. The van der Waals surface area contributed by atoms with Crippen molar-refractivity contribution in [2.45, 2.75) is 23.6 Å². The third-order valence-corrected chi connectivity index (χ3v) is 4.78. The first-order valence-corrected chi connectivity index (χ1v) is 8.55. The number of carbonyl (C=O) groups is 1. The minimum absolute atomic E-state index is 0.0979. The zero-order valence-corrected chi connectivity index (χ0v) is 15.0. The summed E-state index contributed by atoms with van der Waals surface area (Å²) in [6, 6.07) is 15.3. The largest absolute Gasteiger partial charge is 0.497 e. The van der Waals surface area contributed by atoms with Gasteiger partial charge in [0, 0.05) is 23.5 Å². The minimum Gasteiger partial charge on any atom is -0.497 e. The first kappa shape index (κ1) is 17.7. The molecule has 0 unspecified atom stereocenters. The van der Waals surface area contributed by atoms with Crippen molar-refractivity contribution < 1.29 is 9.53 Å². The first-order chi connectivity index (χ1) is 11.0. The number of benzene rings is 2. The van der Waals surface area contributed by atoms with Crippen LogP contribution in [0.4, 0.5) is 0 Å². The molecule has 0 heterocycles. The second kappa shape index (κ2) is 8.27. The Kier molecular flexibility index (Phi) is 6.37. The van der Waals surface area contributed by atoms with Gasteiger partial charge in [-0.15, -0.1) is 11.8 Å². The van der Waals surface area contributed by atoms with E-state index in [9.17, 15) is 4.79 Å². The van der Waals surface area contributed by atoms with Crippen molar-refractivity contribution in [3.8, 4) is 5.75 Å². The average molecular weight is 350 g/mol. The van der Waals surface area contributed by atoms with E-state index in [4.69, 9.17) is 16.3 Å². The van der Waals surface area contributed by atoms with Crippen LogP contribution in [-0.2, 0) is 11.3 Å². The Bertz CT molecular complexity index is 643. The van der Waals surface area contributed by atoms with Gasteiger partial charge in [0.05, 0.1) is 12.4 Å². The maximum Gasteiger partial charge on any atom is 0.235 e. The molecule has 1 atom stereocenters. The molecular formula is C18H20ClNO2S. The Balaban J connectivity index is 1.93. The van der Waals surface area contributed by atoms with Crippen molar-refractivity contribution in [3.05, 3.63) is 59.1 Å². The van der Waals surface area contributed by atoms with Gasteiger partial charge in [-0.1, -0.05) is 23.7 Å². The van der Waals surface area contributed by atoms with Crippen LogP contribution in [-0.4, -0.2) is 30.2 Å². The molecule has 1 amide bonds. The molecule has 0 fully saturated rings. The molecule has 0 aliphatic carbocycles. The number of amides is 1. The van der Waals surface area contributed by atoms with E-state index in [1.165, 1.54) is 0 Å². The molecule has 0 saturated heterocycles. The molecule has 0 aliphatic heterocycles. The second-order valence-corrected chi connectivity index (χ2v) is 7.11. The monoisotopic (exact) mass is 349 g/mol. The van der Waals surface area contributed by atoms with Crippen LogP contribution in [0, 0.1) is 0 Å². The smallest absolute Gasteiger partial charge is 0.235 e. The standard InChI is InChI=1S/C18H20ClNO2S/c1-13(23-17-10-8-16(22-3)9-11-17)18(21)20(2)12-14-4-6-15(19)7-5-14/h4-11,13H,12H2,1-3H3/t13-/m1/s1. The first-order valence-electron chi connectivity index (χ1n) is 7.29. The van der Waals surface area contributed by atoms with Crippen LogP contribution in [0.1, 0.15) is 12.5 Å². The van der Waals surface area contributed by atoms with Gasteiger partial charge in [-0.25, -0.2) is 0 Å². The van der Waals surface area contributed by atoms with Gasteiger partial charge in [-0.2, -0.15) is 0 Å². The van der Waals surface area contributed by atoms with Crippen LogP contribution < -0.4 is 4.74 Å². The van der Waals surface area contributed by atoms with Crippen LogP contribution in [0.15, 0.2) is 53.4 Å². The van der Waals surface area contributed by atoms with Gasteiger partial charge in [-0.05, 0) is 48.9 Å². The number of carbonyl (C=O) groups excluding carboxylic acids is 1. The van der Waals surface area contributed by atoms with Crippen LogP contribution in [0.3, 0.4) is 0 Å². The number of hydrogen-bond donors (Lipinski definition) is 0. The third-order valence-electron chi connectivity index (χ3n) is 3.43. The normalized spacial score (nSPS) is 11.8. The molecule has 0 aromatic heterocycles. The zero-order chi connectivity index (χ0) is 16.8. The Morgan fingerprint density at radius 2 is 1.78 bits per heavy atom. The molecule has 2 aromatic rings. The Labute approximate surface area is 146 Å². The van der Waals surface area contributed by atoms with E-state index in [0.717, 1.165) is 16.2 Å². The SMILES string of the molecule is COc1ccc(S[C@H](C)C(=O)N(C)Cc2ccc(Cl)cc2)cc1. The summed E-state index contributed by atoms with van der Waals surface area (Å²) < 4.78 is 5.14. The summed E-state index contributed by atoms with van der Waals surface area (Å²) in [5.41, 5.74) is 1.06. The van der Waals surface area contributed by atoms with Gasteiger partial charge in [-0.3, -0.25) is 4.79 Å². The fourth-order valence-corrected chi connectivity index (χ4v) is 3.27. The average Bonchev–Trinajstić information content (AvgIpc) is 2.56. The third kappa shape index (κ3) is 5.19. The van der Waals surface area contributed by atoms with E-state index in [0.29, 0.717) is 11.6 Å². The van der Waals surface area contributed by atoms with Gasteiger partial charge in [0.25, 0.3) is 0 Å². The van der Waals surface area contributed by atoms with Crippen molar-refractivity contribution >= 4 is 29.3 Å². The molecule has 5 heteroatoms. The lowest BCUT2D eigenvalue weighted by atomic mass is 10.2. The van der Waals surface area contributed by atoms with E-state index < -0.39 is 0 Å². The fraction of sp³-hybridized carbons (Fsp3) is 0.278. The fourth-order valence-electron chi connectivity index (χ4n) is 2.16. The molecular weight excluding hydrogens is 330 g/mol. The molecule has 2 aromatic carbocycles. The van der Waals surface area contributed by atoms with Gasteiger partial charge < -0.3 is 9.64 Å².